The van der Waals surface area contributed by atoms with Crippen molar-refractivity contribution in [3.63, 3.8) is 0 Å². The lowest BCUT2D eigenvalue weighted by Crippen LogP contribution is -2.39. The summed E-state index contributed by atoms with van der Waals surface area (Å²) in [5, 5.41) is 0. The first-order valence-corrected chi connectivity index (χ1v) is 7.48. The Balaban J connectivity index is 1.69. The largest absolute Gasteiger partial charge is 0.336 e. The van der Waals surface area contributed by atoms with Crippen LogP contribution in [0.5, 0.6) is 0 Å². The number of carbonyl (C=O) groups excluding carboxylic acids is 1. The van der Waals surface area contributed by atoms with Crippen LogP contribution >= 0.6 is 0 Å². The van der Waals surface area contributed by atoms with Crippen LogP contribution in [0.1, 0.15) is 36.2 Å². The Bertz CT molecular complexity index is 675. The Morgan fingerprint density at radius 3 is 3.05 bits per heavy atom. The van der Waals surface area contributed by atoms with Gasteiger partial charge in [-0.25, -0.2) is 4.39 Å². The van der Waals surface area contributed by atoms with Crippen molar-refractivity contribution in [2.75, 3.05) is 6.54 Å². The number of carbonyl (C=O) groups is 1. The summed E-state index contributed by atoms with van der Waals surface area (Å²) in [5.74, 6) is -0.174. The first-order valence-electron chi connectivity index (χ1n) is 7.48. The van der Waals surface area contributed by atoms with Crippen LogP contribution in [-0.4, -0.2) is 27.3 Å². The molecule has 0 aliphatic carbocycles. The van der Waals surface area contributed by atoms with Crippen molar-refractivity contribution in [1.82, 2.24) is 14.9 Å². The number of hydrogen-bond donors (Lipinski definition) is 0. The maximum atomic E-state index is 13.4. The fourth-order valence-corrected chi connectivity index (χ4v) is 2.96. The fraction of sp³-hybridized carbons (Fsp3) is 0.353. The molecule has 1 aliphatic rings. The van der Waals surface area contributed by atoms with E-state index in [4.69, 9.17) is 0 Å². The summed E-state index contributed by atoms with van der Waals surface area (Å²) in [6.45, 7) is 2.64. The third-order valence-corrected chi connectivity index (χ3v) is 4.18. The third kappa shape index (κ3) is 2.98. The molecule has 0 unspecified atom stereocenters. The standard InChI is InChI=1S/C17H18FN3O/c1-12-16-10-14(18)3-2-13(16)6-9-21(12)17(22)5-4-15-11-19-7-8-20-15/h2-3,7-8,10-12H,4-6,9H2,1H3/t12-/m0/s1. The van der Waals surface area contributed by atoms with Gasteiger partial charge in [-0.05, 0) is 43.0 Å². The van der Waals surface area contributed by atoms with Gasteiger partial charge in [0.1, 0.15) is 5.82 Å². The van der Waals surface area contributed by atoms with E-state index in [1.165, 1.54) is 6.07 Å². The normalized spacial score (nSPS) is 17.2. The summed E-state index contributed by atoms with van der Waals surface area (Å²) in [6.07, 6.45) is 6.67. The zero-order valence-corrected chi connectivity index (χ0v) is 12.5. The van der Waals surface area contributed by atoms with Gasteiger partial charge in [-0.3, -0.25) is 14.8 Å². The Morgan fingerprint density at radius 1 is 1.41 bits per heavy atom. The van der Waals surface area contributed by atoms with E-state index in [1.54, 1.807) is 24.7 Å². The number of halogens is 1. The SMILES string of the molecule is C[C@H]1c2cc(F)ccc2CCN1C(=O)CCc1cnccn1. The number of fused-ring (bicyclic) bond motifs is 1. The number of benzene rings is 1. The number of hydrogen-bond acceptors (Lipinski definition) is 3. The topological polar surface area (TPSA) is 46.1 Å². The molecule has 1 aromatic carbocycles. The van der Waals surface area contributed by atoms with E-state index >= 15 is 0 Å². The summed E-state index contributed by atoms with van der Waals surface area (Å²) in [5.41, 5.74) is 2.86. The maximum Gasteiger partial charge on any atom is 0.223 e. The zero-order valence-electron chi connectivity index (χ0n) is 12.5. The minimum atomic E-state index is -0.251. The molecule has 0 saturated heterocycles. The van der Waals surface area contributed by atoms with Gasteiger partial charge >= 0.3 is 0 Å². The zero-order chi connectivity index (χ0) is 15.5. The van der Waals surface area contributed by atoms with E-state index in [0.717, 1.165) is 23.2 Å². The molecule has 2 heterocycles. The smallest absolute Gasteiger partial charge is 0.223 e. The molecular weight excluding hydrogens is 281 g/mol. The van der Waals surface area contributed by atoms with Crippen LogP contribution in [-0.2, 0) is 17.6 Å². The van der Waals surface area contributed by atoms with E-state index in [9.17, 15) is 9.18 Å². The highest BCUT2D eigenvalue weighted by atomic mass is 19.1. The molecule has 1 amide bonds. The molecule has 0 radical (unpaired) electrons. The number of amides is 1. The van der Waals surface area contributed by atoms with Crippen molar-refractivity contribution >= 4 is 5.91 Å². The summed E-state index contributed by atoms with van der Waals surface area (Å²) in [6, 6.07) is 4.76. The van der Waals surface area contributed by atoms with Crippen molar-refractivity contribution in [3.05, 3.63) is 59.4 Å². The molecule has 2 aromatic rings. The van der Waals surface area contributed by atoms with E-state index in [0.29, 0.717) is 19.4 Å². The predicted octanol–water partition coefficient (Wildman–Crippen LogP) is 2.69. The molecule has 5 heteroatoms. The van der Waals surface area contributed by atoms with Crippen molar-refractivity contribution in [2.24, 2.45) is 0 Å². The van der Waals surface area contributed by atoms with Crippen LogP contribution in [0, 0.1) is 5.82 Å². The van der Waals surface area contributed by atoms with E-state index in [2.05, 4.69) is 9.97 Å². The van der Waals surface area contributed by atoms with Crippen LogP contribution in [0.3, 0.4) is 0 Å². The Labute approximate surface area is 129 Å². The molecule has 0 saturated carbocycles. The van der Waals surface area contributed by atoms with Crippen LogP contribution in [0.2, 0.25) is 0 Å². The first kappa shape index (κ1) is 14.6. The monoisotopic (exact) mass is 299 g/mol. The average Bonchev–Trinajstić information content (AvgIpc) is 2.54. The second kappa shape index (κ2) is 6.22. The van der Waals surface area contributed by atoms with Gasteiger partial charge in [-0.15, -0.1) is 0 Å². The molecule has 1 aliphatic heterocycles. The van der Waals surface area contributed by atoms with Crippen molar-refractivity contribution in [2.45, 2.75) is 32.2 Å². The van der Waals surface area contributed by atoms with Gasteiger partial charge in [0.25, 0.3) is 0 Å². The minimum absolute atomic E-state index is 0.0769. The Kier molecular flexibility index (Phi) is 4.13. The first-order chi connectivity index (χ1) is 10.6. The minimum Gasteiger partial charge on any atom is -0.336 e. The average molecular weight is 299 g/mol. The van der Waals surface area contributed by atoms with Gasteiger partial charge in [0.05, 0.1) is 11.7 Å². The molecule has 22 heavy (non-hydrogen) atoms. The summed E-state index contributed by atoms with van der Waals surface area (Å²) < 4.78 is 13.4. The van der Waals surface area contributed by atoms with Gasteiger partial charge in [-0.1, -0.05) is 6.07 Å². The quantitative estimate of drug-likeness (QED) is 0.875. The lowest BCUT2D eigenvalue weighted by Gasteiger charge is -2.35. The van der Waals surface area contributed by atoms with Crippen LogP contribution in [0.4, 0.5) is 4.39 Å². The molecule has 3 rings (SSSR count). The number of aromatic nitrogens is 2. The van der Waals surface area contributed by atoms with Gasteiger partial charge in [0.15, 0.2) is 0 Å². The van der Waals surface area contributed by atoms with Crippen molar-refractivity contribution < 1.29 is 9.18 Å². The second-order valence-corrected chi connectivity index (χ2v) is 5.55. The van der Waals surface area contributed by atoms with Gasteiger partial charge in [0, 0.05) is 31.6 Å². The van der Waals surface area contributed by atoms with Gasteiger partial charge < -0.3 is 4.90 Å². The molecule has 4 nitrogen and oxygen atoms in total. The van der Waals surface area contributed by atoms with Crippen molar-refractivity contribution in [3.8, 4) is 0 Å². The molecular formula is C17H18FN3O. The maximum absolute atomic E-state index is 13.4. The molecule has 114 valence electrons. The highest BCUT2D eigenvalue weighted by molar-refractivity contribution is 5.77. The molecule has 0 fully saturated rings. The molecule has 0 bridgehead atoms. The summed E-state index contributed by atoms with van der Waals surface area (Å²) in [4.78, 5) is 22.5. The lowest BCUT2D eigenvalue weighted by molar-refractivity contribution is -0.133. The number of rotatable bonds is 3. The fourth-order valence-electron chi connectivity index (χ4n) is 2.96. The van der Waals surface area contributed by atoms with Gasteiger partial charge in [0.2, 0.25) is 5.91 Å². The Morgan fingerprint density at radius 2 is 2.27 bits per heavy atom. The summed E-state index contributed by atoms with van der Waals surface area (Å²) in [7, 11) is 0. The highest BCUT2D eigenvalue weighted by Crippen LogP contribution is 2.30. The molecule has 1 atom stereocenters. The van der Waals surface area contributed by atoms with Crippen LogP contribution < -0.4 is 0 Å². The number of nitrogens with zero attached hydrogens (tertiary/aromatic N) is 3. The molecule has 1 aromatic heterocycles. The van der Waals surface area contributed by atoms with Crippen LogP contribution in [0.25, 0.3) is 0 Å². The summed E-state index contributed by atoms with van der Waals surface area (Å²) >= 11 is 0. The highest BCUT2D eigenvalue weighted by Gasteiger charge is 2.27. The number of aryl methyl sites for hydroxylation is 1. The van der Waals surface area contributed by atoms with Crippen molar-refractivity contribution in [1.29, 1.82) is 0 Å². The third-order valence-electron chi connectivity index (χ3n) is 4.18. The second-order valence-electron chi connectivity index (χ2n) is 5.55. The van der Waals surface area contributed by atoms with E-state index in [-0.39, 0.29) is 17.8 Å². The lowest BCUT2D eigenvalue weighted by atomic mass is 9.93. The van der Waals surface area contributed by atoms with E-state index in [1.807, 2.05) is 17.9 Å². The van der Waals surface area contributed by atoms with Crippen LogP contribution in [0.15, 0.2) is 36.8 Å². The van der Waals surface area contributed by atoms with E-state index < -0.39 is 0 Å². The molecule has 0 N–H and O–H groups in total. The van der Waals surface area contributed by atoms with Gasteiger partial charge in [-0.2, -0.15) is 0 Å². The predicted molar refractivity (Wildman–Crippen MR) is 80.6 cm³/mol. The Hall–Kier alpha value is -2.30. The molecule has 0 spiro atoms.